The van der Waals surface area contributed by atoms with E-state index < -0.39 is 0 Å². The summed E-state index contributed by atoms with van der Waals surface area (Å²) in [6.45, 7) is 0.993. The molecule has 4 rings (SSSR count). The summed E-state index contributed by atoms with van der Waals surface area (Å²) in [5.74, 6) is 0. The number of fused-ring (bicyclic) bond motifs is 3. The molecule has 3 heterocycles. The topological polar surface area (TPSA) is 27.8 Å². The normalized spacial score (nSPS) is 17.5. The molecule has 21 heavy (non-hydrogen) atoms. The summed E-state index contributed by atoms with van der Waals surface area (Å²) in [6.07, 6.45) is 1.04. The number of halogens is 3. The number of aromatic amines is 1. The van der Waals surface area contributed by atoms with Gasteiger partial charge in [0, 0.05) is 33.0 Å². The molecule has 1 unspecified atom stereocenters. The Bertz CT molecular complexity index is 796. The molecule has 1 aliphatic rings. The molecule has 0 spiro atoms. The summed E-state index contributed by atoms with van der Waals surface area (Å²) >= 11 is 11.5. The van der Waals surface area contributed by atoms with Crippen molar-refractivity contribution in [2.24, 2.45) is 0 Å². The van der Waals surface area contributed by atoms with Crippen LogP contribution in [0.3, 0.4) is 0 Å². The number of hydrogen-bond acceptors (Lipinski definition) is 2. The Balaban J connectivity index is 0.00000132. The number of nitrogens with one attached hydrogen (secondary N) is 2. The fraction of sp³-hybridized carbons (Fsp3) is 0.200. The Kier molecular flexibility index (Phi) is 4.35. The van der Waals surface area contributed by atoms with Crippen molar-refractivity contribution >= 4 is 62.2 Å². The highest BCUT2D eigenvalue weighted by Gasteiger charge is 2.26. The second-order valence-corrected chi connectivity index (χ2v) is 7.92. The average Bonchev–Trinajstić information content (AvgIpc) is 3.02. The lowest BCUT2D eigenvalue weighted by Crippen LogP contribution is -2.29. The zero-order valence-corrected chi connectivity index (χ0v) is 14.9. The molecule has 1 aromatic carbocycles. The average molecular weight is 404 g/mol. The number of thiophene rings is 1. The molecule has 2 nitrogen and oxygen atoms in total. The molecule has 3 aromatic rings. The summed E-state index contributed by atoms with van der Waals surface area (Å²) in [6, 6.07) is 10.6. The van der Waals surface area contributed by atoms with Gasteiger partial charge in [0.15, 0.2) is 0 Å². The van der Waals surface area contributed by atoms with Crippen LogP contribution < -0.4 is 5.32 Å². The Morgan fingerprint density at radius 3 is 2.86 bits per heavy atom. The first-order valence-electron chi connectivity index (χ1n) is 6.51. The highest BCUT2D eigenvalue weighted by Crippen LogP contribution is 2.37. The van der Waals surface area contributed by atoms with Crippen molar-refractivity contribution in [1.29, 1.82) is 0 Å². The molecule has 0 bridgehead atoms. The zero-order valence-electron chi connectivity index (χ0n) is 11.0. The molecule has 0 radical (unpaired) electrons. The minimum atomic E-state index is 0. The largest absolute Gasteiger partial charge is 0.357 e. The van der Waals surface area contributed by atoms with Crippen LogP contribution in [0, 0.1) is 0 Å². The summed E-state index contributed by atoms with van der Waals surface area (Å²) in [5, 5.41) is 5.66. The van der Waals surface area contributed by atoms with Gasteiger partial charge in [0.25, 0.3) is 0 Å². The minimum Gasteiger partial charge on any atom is -0.357 e. The predicted molar refractivity (Wildman–Crippen MR) is 96.1 cm³/mol. The second kappa shape index (κ2) is 5.94. The first-order valence-corrected chi connectivity index (χ1v) is 8.50. The monoisotopic (exact) mass is 402 g/mol. The summed E-state index contributed by atoms with van der Waals surface area (Å²) in [4.78, 5) is 4.90. The first-order chi connectivity index (χ1) is 9.72. The summed E-state index contributed by atoms with van der Waals surface area (Å²) < 4.78 is 1.17. The van der Waals surface area contributed by atoms with E-state index in [4.69, 9.17) is 11.6 Å². The van der Waals surface area contributed by atoms with Crippen molar-refractivity contribution in [3.05, 3.63) is 55.3 Å². The van der Waals surface area contributed by atoms with Gasteiger partial charge in [-0.2, -0.15) is 0 Å². The molecule has 2 aromatic heterocycles. The van der Waals surface area contributed by atoms with Crippen LogP contribution in [-0.2, 0) is 6.42 Å². The van der Waals surface area contributed by atoms with E-state index in [-0.39, 0.29) is 18.4 Å². The van der Waals surface area contributed by atoms with Gasteiger partial charge in [0.1, 0.15) is 0 Å². The molecule has 0 fully saturated rings. The standard InChI is InChI=1S/C15H12BrClN2S.ClH/c16-13-4-3-12(20-13)15-14-9(5-6-18-15)10-7-8(17)1-2-11(10)19-14;/h1-4,7,15,18-19H,5-6H2;1H. The Hall–Kier alpha value is -0.520. The van der Waals surface area contributed by atoms with Crippen LogP contribution in [0.5, 0.6) is 0 Å². The van der Waals surface area contributed by atoms with Crippen LogP contribution in [-0.4, -0.2) is 11.5 Å². The number of rotatable bonds is 1. The van der Waals surface area contributed by atoms with Crippen LogP contribution in [0.25, 0.3) is 10.9 Å². The van der Waals surface area contributed by atoms with Gasteiger partial charge < -0.3 is 10.3 Å². The molecule has 0 saturated heterocycles. The van der Waals surface area contributed by atoms with Crippen molar-refractivity contribution < 1.29 is 0 Å². The molecular formula is C15H13BrCl2N2S. The van der Waals surface area contributed by atoms with Crippen molar-refractivity contribution in [3.8, 4) is 0 Å². The Labute approximate surface area is 146 Å². The molecule has 0 saturated carbocycles. The van der Waals surface area contributed by atoms with Crippen molar-refractivity contribution in [1.82, 2.24) is 10.3 Å². The molecule has 6 heteroatoms. The fourth-order valence-electron chi connectivity index (χ4n) is 2.93. The predicted octanol–water partition coefficient (Wildman–Crippen LogP) is 5.30. The lowest BCUT2D eigenvalue weighted by Gasteiger charge is -2.23. The second-order valence-electron chi connectivity index (χ2n) is 4.99. The van der Waals surface area contributed by atoms with E-state index in [0.29, 0.717) is 0 Å². The van der Waals surface area contributed by atoms with Crippen LogP contribution in [0.2, 0.25) is 5.02 Å². The summed E-state index contributed by atoms with van der Waals surface area (Å²) in [5.41, 5.74) is 3.85. The summed E-state index contributed by atoms with van der Waals surface area (Å²) in [7, 11) is 0. The molecule has 0 amide bonds. The van der Waals surface area contributed by atoms with E-state index in [0.717, 1.165) is 18.0 Å². The third kappa shape index (κ3) is 2.64. The van der Waals surface area contributed by atoms with Crippen molar-refractivity contribution in [3.63, 3.8) is 0 Å². The quantitative estimate of drug-likeness (QED) is 0.566. The third-order valence-electron chi connectivity index (χ3n) is 3.79. The highest BCUT2D eigenvalue weighted by atomic mass is 79.9. The third-order valence-corrected chi connectivity index (χ3v) is 5.72. The first kappa shape index (κ1) is 15.4. The van der Waals surface area contributed by atoms with Gasteiger partial charge >= 0.3 is 0 Å². The number of hydrogen-bond donors (Lipinski definition) is 2. The van der Waals surface area contributed by atoms with Gasteiger partial charge in [-0.25, -0.2) is 0 Å². The lowest BCUT2D eigenvalue weighted by molar-refractivity contribution is 0.567. The van der Waals surface area contributed by atoms with E-state index in [9.17, 15) is 0 Å². The van der Waals surface area contributed by atoms with E-state index in [1.807, 2.05) is 6.07 Å². The van der Waals surface area contributed by atoms with E-state index in [1.165, 1.54) is 30.8 Å². The lowest BCUT2D eigenvalue weighted by atomic mass is 9.98. The Morgan fingerprint density at radius 1 is 1.24 bits per heavy atom. The molecule has 110 valence electrons. The molecule has 1 aliphatic heterocycles. The van der Waals surface area contributed by atoms with Crippen LogP contribution in [0.1, 0.15) is 22.2 Å². The van der Waals surface area contributed by atoms with E-state index in [1.54, 1.807) is 11.3 Å². The van der Waals surface area contributed by atoms with Crippen molar-refractivity contribution in [2.45, 2.75) is 12.5 Å². The zero-order chi connectivity index (χ0) is 13.7. The van der Waals surface area contributed by atoms with Crippen molar-refractivity contribution in [2.75, 3.05) is 6.54 Å². The van der Waals surface area contributed by atoms with Gasteiger partial charge in [-0.05, 0) is 58.2 Å². The van der Waals surface area contributed by atoms with Crippen LogP contribution >= 0.6 is 51.3 Å². The molecular weight excluding hydrogens is 391 g/mol. The van der Waals surface area contributed by atoms with Gasteiger partial charge in [-0.15, -0.1) is 23.7 Å². The van der Waals surface area contributed by atoms with Crippen LogP contribution in [0.4, 0.5) is 0 Å². The molecule has 0 aliphatic carbocycles. The van der Waals surface area contributed by atoms with E-state index >= 15 is 0 Å². The smallest absolute Gasteiger partial charge is 0.0826 e. The Morgan fingerprint density at radius 2 is 2.10 bits per heavy atom. The number of aromatic nitrogens is 1. The van der Waals surface area contributed by atoms with Gasteiger partial charge in [-0.1, -0.05) is 11.6 Å². The maximum Gasteiger partial charge on any atom is 0.0826 e. The molecule has 2 N–H and O–H groups in total. The number of H-pyrrole nitrogens is 1. The highest BCUT2D eigenvalue weighted by molar-refractivity contribution is 9.11. The maximum absolute atomic E-state index is 6.14. The minimum absolute atomic E-state index is 0. The fourth-order valence-corrected chi connectivity index (χ4v) is 4.61. The van der Waals surface area contributed by atoms with Gasteiger partial charge in [0.05, 0.1) is 9.83 Å². The SMILES string of the molecule is Cl.Clc1ccc2[nH]c3c(c2c1)CCNC3c1ccc(Br)s1. The maximum atomic E-state index is 6.14. The van der Waals surface area contributed by atoms with Crippen LogP contribution in [0.15, 0.2) is 34.1 Å². The number of benzene rings is 1. The molecule has 1 atom stereocenters. The van der Waals surface area contributed by atoms with Gasteiger partial charge in [0.2, 0.25) is 0 Å². The van der Waals surface area contributed by atoms with Gasteiger partial charge in [-0.3, -0.25) is 0 Å². The van der Waals surface area contributed by atoms with E-state index in [2.05, 4.69) is 50.5 Å².